The molecule has 3 aromatic heterocycles. The molecule has 23 heavy (non-hydrogen) atoms. The van der Waals surface area contributed by atoms with E-state index in [0.29, 0.717) is 13.1 Å². The van der Waals surface area contributed by atoms with Crippen LogP contribution in [0.3, 0.4) is 0 Å². The number of hydrogen-bond donors (Lipinski definition) is 2. The minimum atomic E-state index is -0.190. The maximum absolute atomic E-state index is 11.8. The molecule has 2 N–H and O–H groups in total. The van der Waals surface area contributed by atoms with Crippen LogP contribution < -0.4 is 10.6 Å². The Morgan fingerprint density at radius 1 is 1.22 bits per heavy atom. The highest BCUT2D eigenvalue weighted by Gasteiger charge is 2.08. The number of urea groups is 1. The number of nitrogens with one attached hydrogen (secondary N) is 2. The molecule has 3 aromatic rings. The van der Waals surface area contributed by atoms with E-state index in [1.165, 1.54) is 0 Å². The number of amides is 2. The van der Waals surface area contributed by atoms with Crippen LogP contribution >= 0.6 is 11.3 Å². The van der Waals surface area contributed by atoms with Crippen LogP contribution in [0, 0.1) is 0 Å². The number of carbonyl (C=O) groups excluding carboxylic acids is 1. The quantitative estimate of drug-likeness (QED) is 0.756. The molecule has 0 bridgehead atoms. The van der Waals surface area contributed by atoms with E-state index in [2.05, 4.69) is 20.7 Å². The molecule has 2 amide bonds. The molecule has 0 aliphatic rings. The van der Waals surface area contributed by atoms with Gasteiger partial charge in [-0.1, -0.05) is 6.07 Å². The van der Waals surface area contributed by atoms with Gasteiger partial charge in [-0.15, -0.1) is 11.3 Å². The molecule has 0 atom stereocenters. The standard InChI is InChI=1S/C16H17N5OS/c1-21-13(9-15(20-21)12-4-6-17-7-5-12)10-18-16(22)19-11-14-3-2-8-23-14/h2-9H,10-11H2,1H3,(H2,18,19,22). The number of pyridine rings is 1. The third-order valence-corrected chi connectivity index (χ3v) is 4.26. The molecule has 0 saturated carbocycles. The molecule has 7 heteroatoms. The van der Waals surface area contributed by atoms with E-state index in [0.717, 1.165) is 21.8 Å². The van der Waals surface area contributed by atoms with Crippen molar-refractivity contribution in [2.45, 2.75) is 13.1 Å². The maximum atomic E-state index is 11.8. The van der Waals surface area contributed by atoms with E-state index in [1.54, 1.807) is 28.4 Å². The Labute approximate surface area is 138 Å². The minimum Gasteiger partial charge on any atom is -0.333 e. The Morgan fingerprint density at radius 2 is 2.00 bits per heavy atom. The molecule has 3 rings (SSSR count). The first-order valence-electron chi connectivity index (χ1n) is 7.20. The van der Waals surface area contributed by atoms with Crippen LogP contribution in [0.25, 0.3) is 11.3 Å². The van der Waals surface area contributed by atoms with Crippen LogP contribution in [0.15, 0.2) is 48.1 Å². The Bertz CT molecular complexity index is 767. The van der Waals surface area contributed by atoms with E-state index < -0.39 is 0 Å². The fraction of sp³-hybridized carbons (Fsp3) is 0.188. The first-order valence-corrected chi connectivity index (χ1v) is 8.08. The van der Waals surface area contributed by atoms with Crippen LogP contribution in [-0.2, 0) is 20.1 Å². The van der Waals surface area contributed by atoms with E-state index in [-0.39, 0.29) is 6.03 Å². The van der Waals surface area contributed by atoms with Gasteiger partial charge in [0, 0.05) is 29.9 Å². The van der Waals surface area contributed by atoms with Gasteiger partial charge < -0.3 is 10.6 Å². The molecule has 0 fully saturated rings. The average Bonchev–Trinajstić information content (AvgIpc) is 3.21. The van der Waals surface area contributed by atoms with Crippen molar-refractivity contribution in [1.29, 1.82) is 0 Å². The monoisotopic (exact) mass is 327 g/mol. The van der Waals surface area contributed by atoms with Gasteiger partial charge in [0.2, 0.25) is 0 Å². The van der Waals surface area contributed by atoms with Gasteiger partial charge in [-0.3, -0.25) is 9.67 Å². The van der Waals surface area contributed by atoms with Gasteiger partial charge in [0.1, 0.15) is 0 Å². The lowest BCUT2D eigenvalue weighted by molar-refractivity contribution is 0.240. The summed E-state index contributed by atoms with van der Waals surface area (Å²) in [6, 6.07) is 9.56. The van der Waals surface area contributed by atoms with Gasteiger partial charge in [-0.05, 0) is 29.6 Å². The van der Waals surface area contributed by atoms with Crippen molar-refractivity contribution < 1.29 is 4.79 Å². The second-order valence-corrected chi connectivity index (χ2v) is 6.03. The normalized spacial score (nSPS) is 10.5. The van der Waals surface area contributed by atoms with Crippen LogP contribution in [0.2, 0.25) is 0 Å². The van der Waals surface area contributed by atoms with Crippen molar-refractivity contribution in [3.8, 4) is 11.3 Å². The largest absolute Gasteiger partial charge is 0.333 e. The lowest BCUT2D eigenvalue weighted by Gasteiger charge is -2.06. The number of carbonyl (C=O) groups is 1. The summed E-state index contributed by atoms with van der Waals surface area (Å²) in [5.41, 5.74) is 2.80. The first kappa shape index (κ1) is 15.2. The summed E-state index contributed by atoms with van der Waals surface area (Å²) in [7, 11) is 1.87. The maximum Gasteiger partial charge on any atom is 0.315 e. The summed E-state index contributed by atoms with van der Waals surface area (Å²) in [6.07, 6.45) is 3.47. The highest BCUT2D eigenvalue weighted by Crippen LogP contribution is 2.17. The summed E-state index contributed by atoms with van der Waals surface area (Å²) in [6.45, 7) is 0.960. The zero-order valence-corrected chi connectivity index (χ0v) is 13.5. The Balaban J connectivity index is 1.56. The number of thiophene rings is 1. The summed E-state index contributed by atoms with van der Waals surface area (Å²) in [5.74, 6) is 0. The molecule has 3 heterocycles. The van der Waals surface area contributed by atoms with Crippen molar-refractivity contribution in [3.05, 3.63) is 58.7 Å². The predicted octanol–water partition coefficient (Wildman–Crippen LogP) is 2.54. The van der Waals surface area contributed by atoms with E-state index in [9.17, 15) is 4.79 Å². The molecular weight excluding hydrogens is 310 g/mol. The summed E-state index contributed by atoms with van der Waals surface area (Å²) in [5, 5.41) is 12.1. The number of aryl methyl sites for hydroxylation is 1. The lowest BCUT2D eigenvalue weighted by Crippen LogP contribution is -2.34. The number of rotatable bonds is 5. The van der Waals surface area contributed by atoms with Crippen molar-refractivity contribution >= 4 is 17.4 Å². The van der Waals surface area contributed by atoms with E-state index in [4.69, 9.17) is 0 Å². The summed E-state index contributed by atoms with van der Waals surface area (Å²) >= 11 is 1.62. The van der Waals surface area contributed by atoms with Crippen molar-refractivity contribution in [2.75, 3.05) is 0 Å². The Morgan fingerprint density at radius 3 is 2.74 bits per heavy atom. The van der Waals surface area contributed by atoms with Crippen molar-refractivity contribution in [3.63, 3.8) is 0 Å². The fourth-order valence-electron chi connectivity index (χ4n) is 2.15. The van der Waals surface area contributed by atoms with Crippen LogP contribution in [-0.4, -0.2) is 20.8 Å². The van der Waals surface area contributed by atoms with E-state index >= 15 is 0 Å². The molecule has 0 unspecified atom stereocenters. The zero-order chi connectivity index (χ0) is 16.1. The number of nitrogens with zero attached hydrogens (tertiary/aromatic N) is 3. The van der Waals surface area contributed by atoms with Gasteiger partial charge in [0.05, 0.1) is 24.5 Å². The second-order valence-electron chi connectivity index (χ2n) is 5.00. The van der Waals surface area contributed by atoms with Crippen LogP contribution in [0.1, 0.15) is 10.6 Å². The topological polar surface area (TPSA) is 71.8 Å². The SMILES string of the molecule is Cn1nc(-c2ccncc2)cc1CNC(=O)NCc1cccs1. The second kappa shape index (κ2) is 7.06. The van der Waals surface area contributed by atoms with Crippen molar-refractivity contribution in [1.82, 2.24) is 25.4 Å². The highest BCUT2D eigenvalue weighted by atomic mass is 32.1. The van der Waals surface area contributed by atoms with Gasteiger partial charge >= 0.3 is 6.03 Å². The third-order valence-electron chi connectivity index (χ3n) is 3.39. The number of hydrogen-bond acceptors (Lipinski definition) is 4. The van der Waals surface area contributed by atoms with Gasteiger partial charge in [0.25, 0.3) is 0 Å². The molecule has 0 aliphatic carbocycles. The van der Waals surface area contributed by atoms with E-state index in [1.807, 2.05) is 42.8 Å². The molecule has 6 nitrogen and oxygen atoms in total. The molecule has 0 spiro atoms. The predicted molar refractivity (Wildman–Crippen MR) is 89.8 cm³/mol. The number of aromatic nitrogens is 3. The molecule has 0 saturated heterocycles. The van der Waals surface area contributed by atoms with Gasteiger partial charge in [-0.2, -0.15) is 5.10 Å². The smallest absolute Gasteiger partial charge is 0.315 e. The lowest BCUT2D eigenvalue weighted by atomic mass is 10.2. The highest BCUT2D eigenvalue weighted by molar-refractivity contribution is 7.09. The molecular formula is C16H17N5OS. The summed E-state index contributed by atoms with van der Waals surface area (Å²) in [4.78, 5) is 17.0. The molecule has 0 aromatic carbocycles. The zero-order valence-electron chi connectivity index (χ0n) is 12.7. The van der Waals surface area contributed by atoms with Crippen LogP contribution in [0.4, 0.5) is 4.79 Å². The molecule has 0 aliphatic heterocycles. The van der Waals surface area contributed by atoms with Crippen molar-refractivity contribution in [2.24, 2.45) is 7.05 Å². The fourth-order valence-corrected chi connectivity index (χ4v) is 2.79. The average molecular weight is 327 g/mol. The summed E-state index contributed by atoms with van der Waals surface area (Å²) < 4.78 is 1.77. The Hall–Kier alpha value is -2.67. The Kier molecular flexibility index (Phi) is 4.68. The van der Waals surface area contributed by atoms with Gasteiger partial charge in [-0.25, -0.2) is 4.79 Å². The first-order chi connectivity index (χ1) is 11.2. The molecule has 118 valence electrons. The van der Waals surface area contributed by atoms with Gasteiger partial charge in [0.15, 0.2) is 0 Å². The van der Waals surface area contributed by atoms with Crippen LogP contribution in [0.5, 0.6) is 0 Å². The minimum absolute atomic E-state index is 0.190. The third kappa shape index (κ3) is 3.95. The molecule has 0 radical (unpaired) electrons.